The molecule has 0 aliphatic heterocycles. The summed E-state index contributed by atoms with van der Waals surface area (Å²) in [5, 5.41) is 18.1. The zero-order chi connectivity index (χ0) is 16.1. The van der Waals surface area contributed by atoms with E-state index in [9.17, 15) is 9.59 Å². The van der Waals surface area contributed by atoms with Gasteiger partial charge in [-0.05, 0) is 39.5 Å². The van der Waals surface area contributed by atoms with Crippen molar-refractivity contribution < 1.29 is 24.5 Å². The molecule has 124 valence electrons. The predicted octanol–water partition coefficient (Wildman–Crippen LogP) is 2.02. The van der Waals surface area contributed by atoms with Crippen LogP contribution in [0.25, 0.3) is 0 Å². The summed E-state index contributed by atoms with van der Waals surface area (Å²) in [6.07, 6.45) is 3.70. The Kier molecular flexibility index (Phi) is 12.4. The molecule has 0 saturated heterocycles. The second-order valence-electron chi connectivity index (χ2n) is 5.67. The van der Waals surface area contributed by atoms with Crippen LogP contribution >= 0.6 is 0 Å². The number of hydrogen-bond donors (Lipinski definition) is 2. The third kappa shape index (κ3) is 15.4. The van der Waals surface area contributed by atoms with E-state index in [0.717, 1.165) is 0 Å². The zero-order valence-electron chi connectivity index (χ0n) is 13.3. The molecular formula is C16H30O5. The van der Waals surface area contributed by atoms with Crippen molar-refractivity contribution in [3.8, 4) is 0 Å². The van der Waals surface area contributed by atoms with Gasteiger partial charge in [0.15, 0.2) is 0 Å². The molecule has 0 saturated carbocycles. The molecule has 0 spiro atoms. The van der Waals surface area contributed by atoms with Crippen molar-refractivity contribution in [2.45, 2.75) is 77.4 Å². The molecular weight excluding hydrogens is 272 g/mol. The van der Waals surface area contributed by atoms with Gasteiger partial charge >= 0.3 is 0 Å². The summed E-state index contributed by atoms with van der Waals surface area (Å²) in [5.74, 6) is 0.276. The third-order valence-corrected chi connectivity index (χ3v) is 3.21. The average molecular weight is 302 g/mol. The van der Waals surface area contributed by atoms with Gasteiger partial charge in [-0.2, -0.15) is 0 Å². The first-order valence-corrected chi connectivity index (χ1v) is 7.89. The highest BCUT2D eigenvalue weighted by atomic mass is 16.5. The molecule has 5 heteroatoms. The van der Waals surface area contributed by atoms with Crippen molar-refractivity contribution in [3.63, 3.8) is 0 Å². The topological polar surface area (TPSA) is 83.8 Å². The van der Waals surface area contributed by atoms with Gasteiger partial charge in [-0.25, -0.2) is 0 Å². The van der Waals surface area contributed by atoms with Crippen LogP contribution in [0.5, 0.6) is 0 Å². The lowest BCUT2D eigenvalue weighted by Crippen LogP contribution is -2.09. The van der Waals surface area contributed by atoms with Crippen molar-refractivity contribution >= 4 is 11.6 Å². The maximum absolute atomic E-state index is 11.5. The molecule has 2 atom stereocenters. The summed E-state index contributed by atoms with van der Waals surface area (Å²) >= 11 is 0. The first-order valence-electron chi connectivity index (χ1n) is 7.89. The lowest BCUT2D eigenvalue weighted by atomic mass is 10.1. The molecule has 0 aromatic heterocycles. The Hall–Kier alpha value is -0.780. The van der Waals surface area contributed by atoms with E-state index in [1.54, 1.807) is 13.8 Å². The van der Waals surface area contributed by atoms with Crippen LogP contribution in [0.15, 0.2) is 0 Å². The first kappa shape index (κ1) is 20.2. The molecule has 2 unspecified atom stereocenters. The summed E-state index contributed by atoms with van der Waals surface area (Å²) in [6.45, 7) is 4.14. The van der Waals surface area contributed by atoms with Crippen molar-refractivity contribution in [3.05, 3.63) is 0 Å². The Bertz CT molecular complexity index is 258. The van der Waals surface area contributed by atoms with E-state index >= 15 is 0 Å². The summed E-state index contributed by atoms with van der Waals surface area (Å²) < 4.78 is 5.29. The van der Waals surface area contributed by atoms with Gasteiger partial charge in [0.25, 0.3) is 0 Å². The summed E-state index contributed by atoms with van der Waals surface area (Å²) in [6, 6.07) is 0. The molecule has 0 aromatic carbocycles. The quantitative estimate of drug-likeness (QED) is 0.480. The van der Waals surface area contributed by atoms with Gasteiger partial charge < -0.3 is 14.9 Å². The highest BCUT2D eigenvalue weighted by Crippen LogP contribution is 2.04. The molecule has 0 radical (unpaired) electrons. The fraction of sp³-hybridized carbons (Fsp3) is 0.875. The van der Waals surface area contributed by atoms with Crippen LogP contribution < -0.4 is 0 Å². The van der Waals surface area contributed by atoms with E-state index in [1.165, 1.54) is 0 Å². The Morgan fingerprint density at radius 1 is 0.810 bits per heavy atom. The van der Waals surface area contributed by atoms with Crippen LogP contribution in [0.2, 0.25) is 0 Å². The Balaban J connectivity index is 3.38. The van der Waals surface area contributed by atoms with Gasteiger partial charge in [-0.15, -0.1) is 0 Å². The SMILES string of the molecule is CC(O)CCCC(=O)CCOCCC(=O)CCCC(C)O. The number of Topliss-reactive ketones (excluding diaryl/α,β-unsaturated/α-hetero) is 2. The van der Waals surface area contributed by atoms with Crippen molar-refractivity contribution in [1.29, 1.82) is 0 Å². The van der Waals surface area contributed by atoms with Crippen LogP contribution in [0.3, 0.4) is 0 Å². The molecule has 0 aromatic rings. The highest BCUT2D eigenvalue weighted by molar-refractivity contribution is 5.78. The molecule has 21 heavy (non-hydrogen) atoms. The fourth-order valence-electron chi connectivity index (χ4n) is 1.91. The Morgan fingerprint density at radius 3 is 1.52 bits per heavy atom. The molecule has 0 bridgehead atoms. The van der Waals surface area contributed by atoms with Crippen LogP contribution in [-0.2, 0) is 14.3 Å². The van der Waals surface area contributed by atoms with E-state index in [2.05, 4.69) is 0 Å². The van der Waals surface area contributed by atoms with Gasteiger partial charge in [0, 0.05) is 25.7 Å². The number of hydrogen-bond acceptors (Lipinski definition) is 5. The van der Waals surface area contributed by atoms with Gasteiger partial charge in [-0.1, -0.05) is 0 Å². The number of rotatable bonds is 14. The predicted molar refractivity (Wildman–Crippen MR) is 81.1 cm³/mol. The number of aliphatic hydroxyl groups excluding tert-OH is 2. The van der Waals surface area contributed by atoms with E-state index in [1.807, 2.05) is 0 Å². The Morgan fingerprint density at radius 2 is 1.19 bits per heavy atom. The Labute approximate surface area is 127 Å². The van der Waals surface area contributed by atoms with Gasteiger partial charge in [0.2, 0.25) is 0 Å². The molecule has 0 amide bonds. The van der Waals surface area contributed by atoms with Crippen LogP contribution in [0.1, 0.15) is 65.2 Å². The fourth-order valence-corrected chi connectivity index (χ4v) is 1.91. The maximum Gasteiger partial charge on any atom is 0.135 e. The van der Waals surface area contributed by atoms with Crippen LogP contribution in [0, 0.1) is 0 Å². The van der Waals surface area contributed by atoms with Crippen molar-refractivity contribution in [2.75, 3.05) is 13.2 Å². The zero-order valence-corrected chi connectivity index (χ0v) is 13.3. The third-order valence-electron chi connectivity index (χ3n) is 3.21. The van der Waals surface area contributed by atoms with E-state index in [4.69, 9.17) is 14.9 Å². The minimum atomic E-state index is -0.353. The number of carbonyl (C=O) groups is 2. The van der Waals surface area contributed by atoms with Gasteiger partial charge in [0.1, 0.15) is 11.6 Å². The maximum atomic E-state index is 11.5. The monoisotopic (exact) mass is 302 g/mol. The van der Waals surface area contributed by atoms with E-state index < -0.39 is 0 Å². The largest absolute Gasteiger partial charge is 0.393 e. The van der Waals surface area contributed by atoms with E-state index in [0.29, 0.717) is 64.6 Å². The lowest BCUT2D eigenvalue weighted by molar-refractivity contribution is -0.120. The van der Waals surface area contributed by atoms with Gasteiger partial charge in [-0.3, -0.25) is 9.59 Å². The van der Waals surface area contributed by atoms with Crippen LogP contribution in [0.4, 0.5) is 0 Å². The summed E-state index contributed by atoms with van der Waals surface area (Å²) in [5.41, 5.74) is 0. The minimum Gasteiger partial charge on any atom is -0.393 e. The number of ketones is 2. The molecule has 2 N–H and O–H groups in total. The lowest BCUT2D eigenvalue weighted by Gasteiger charge is -2.05. The molecule has 0 aliphatic carbocycles. The second kappa shape index (κ2) is 12.9. The van der Waals surface area contributed by atoms with E-state index in [-0.39, 0.29) is 23.8 Å². The molecule has 0 aliphatic rings. The minimum absolute atomic E-state index is 0.138. The molecule has 0 heterocycles. The highest BCUT2D eigenvalue weighted by Gasteiger charge is 2.06. The van der Waals surface area contributed by atoms with Crippen LogP contribution in [-0.4, -0.2) is 47.2 Å². The second-order valence-corrected chi connectivity index (χ2v) is 5.67. The molecule has 0 fully saturated rings. The van der Waals surface area contributed by atoms with Gasteiger partial charge in [0.05, 0.1) is 25.4 Å². The summed E-state index contributed by atoms with van der Waals surface area (Å²) in [7, 11) is 0. The van der Waals surface area contributed by atoms with Crippen molar-refractivity contribution in [2.24, 2.45) is 0 Å². The first-order chi connectivity index (χ1) is 9.91. The normalized spacial score (nSPS) is 13.9. The number of carbonyl (C=O) groups excluding carboxylic acids is 2. The average Bonchev–Trinajstić information content (AvgIpc) is 2.37. The standard InChI is InChI=1S/C16H30O5/c1-13(17)5-3-7-15(19)9-11-21-12-10-16(20)8-4-6-14(2)18/h13-14,17-18H,3-12H2,1-2H3. The smallest absolute Gasteiger partial charge is 0.135 e. The number of ether oxygens (including phenoxy) is 1. The molecule has 5 nitrogen and oxygen atoms in total. The summed E-state index contributed by atoms with van der Waals surface area (Å²) in [4.78, 5) is 22.9. The number of aliphatic hydroxyl groups is 2. The van der Waals surface area contributed by atoms with Crippen molar-refractivity contribution in [1.82, 2.24) is 0 Å². The molecule has 0 rings (SSSR count).